The van der Waals surface area contributed by atoms with Gasteiger partial charge in [-0.2, -0.15) is 0 Å². The van der Waals surface area contributed by atoms with Crippen LogP contribution in [-0.2, 0) is 0 Å². The highest BCUT2D eigenvalue weighted by Gasteiger charge is 2.20. The summed E-state index contributed by atoms with van der Waals surface area (Å²) < 4.78 is 6.61. The van der Waals surface area contributed by atoms with E-state index in [1.54, 1.807) is 0 Å². The van der Waals surface area contributed by atoms with Crippen LogP contribution >= 0.6 is 0 Å². The Hall–Kier alpha value is -7.42. The summed E-state index contributed by atoms with van der Waals surface area (Å²) in [6, 6.07) is 76.4. The summed E-state index contributed by atoms with van der Waals surface area (Å²) in [6.07, 6.45) is 0. The molecular formula is C54H35NO. The predicted octanol–water partition coefficient (Wildman–Crippen LogP) is 15.5. The second kappa shape index (κ2) is 13.2. The lowest BCUT2D eigenvalue weighted by molar-refractivity contribution is 0.669. The highest BCUT2D eigenvalue weighted by Crippen LogP contribution is 2.43. The molecule has 0 amide bonds. The number of fused-ring (bicyclic) bond motifs is 7. The van der Waals surface area contributed by atoms with Crippen molar-refractivity contribution in [3.63, 3.8) is 0 Å². The number of para-hydroxylation sites is 2. The van der Waals surface area contributed by atoms with Crippen LogP contribution in [-0.4, -0.2) is 0 Å². The zero-order valence-electron chi connectivity index (χ0n) is 30.6. The third-order valence-corrected chi connectivity index (χ3v) is 11.3. The molecule has 0 unspecified atom stereocenters. The standard InChI is InChI=1S/C54H35NO/c1-3-15-46-38(10-1)12-8-18-48(46)42-14-7-13-40(34-42)36-24-29-44(30-25-36)55(52-20-9-19-51-50-17-5-6-21-53(50)56-54(51)52)45-31-26-37(27-32-45)41-28-33-49-43(35-41)23-22-39-11-2-4-16-47(39)49/h1-35H. The minimum absolute atomic E-state index is 0.867. The van der Waals surface area contributed by atoms with Crippen LogP contribution in [0.4, 0.5) is 17.1 Å². The topological polar surface area (TPSA) is 16.4 Å². The Kier molecular flexibility index (Phi) is 7.53. The Morgan fingerprint density at radius 1 is 0.304 bits per heavy atom. The molecule has 0 aliphatic heterocycles. The molecule has 0 saturated heterocycles. The van der Waals surface area contributed by atoms with Crippen molar-refractivity contribution in [1.29, 1.82) is 0 Å². The van der Waals surface area contributed by atoms with Gasteiger partial charge in [0, 0.05) is 22.1 Å². The molecule has 0 bridgehead atoms. The fourth-order valence-corrected chi connectivity index (χ4v) is 8.48. The lowest BCUT2D eigenvalue weighted by atomic mass is 9.95. The first-order chi connectivity index (χ1) is 27.7. The zero-order chi connectivity index (χ0) is 37.0. The molecule has 2 heteroatoms. The van der Waals surface area contributed by atoms with E-state index in [9.17, 15) is 0 Å². The van der Waals surface area contributed by atoms with Gasteiger partial charge in [-0.25, -0.2) is 0 Å². The lowest BCUT2D eigenvalue weighted by Gasteiger charge is -2.26. The zero-order valence-corrected chi connectivity index (χ0v) is 30.6. The van der Waals surface area contributed by atoms with Crippen LogP contribution in [0.25, 0.3) is 87.6 Å². The van der Waals surface area contributed by atoms with E-state index in [4.69, 9.17) is 4.42 Å². The van der Waals surface area contributed by atoms with E-state index in [1.165, 1.54) is 60.1 Å². The molecule has 0 fully saturated rings. The first-order valence-electron chi connectivity index (χ1n) is 19.2. The largest absolute Gasteiger partial charge is 0.454 e. The number of nitrogens with zero attached hydrogens (tertiary/aromatic N) is 1. The molecule has 11 rings (SSSR count). The molecule has 0 aliphatic rings. The summed E-state index contributed by atoms with van der Waals surface area (Å²) in [5.74, 6) is 0. The van der Waals surface area contributed by atoms with Gasteiger partial charge >= 0.3 is 0 Å². The summed E-state index contributed by atoms with van der Waals surface area (Å²) >= 11 is 0. The van der Waals surface area contributed by atoms with Crippen LogP contribution in [0.15, 0.2) is 217 Å². The maximum Gasteiger partial charge on any atom is 0.159 e. The number of benzene rings is 10. The van der Waals surface area contributed by atoms with Gasteiger partial charge in [0.05, 0.1) is 5.69 Å². The van der Waals surface area contributed by atoms with E-state index in [2.05, 4.69) is 205 Å². The predicted molar refractivity (Wildman–Crippen MR) is 237 cm³/mol. The highest BCUT2D eigenvalue weighted by atomic mass is 16.3. The summed E-state index contributed by atoms with van der Waals surface area (Å²) in [4.78, 5) is 2.32. The van der Waals surface area contributed by atoms with E-state index in [-0.39, 0.29) is 0 Å². The van der Waals surface area contributed by atoms with Gasteiger partial charge < -0.3 is 9.32 Å². The van der Waals surface area contributed by atoms with Crippen molar-refractivity contribution in [2.45, 2.75) is 0 Å². The van der Waals surface area contributed by atoms with Crippen molar-refractivity contribution in [2.75, 3.05) is 4.90 Å². The Labute approximate surface area is 325 Å². The molecule has 0 saturated carbocycles. The van der Waals surface area contributed by atoms with Crippen molar-refractivity contribution in [2.24, 2.45) is 0 Å². The molecular weight excluding hydrogens is 679 g/mol. The molecule has 0 spiro atoms. The third kappa shape index (κ3) is 5.42. The maximum atomic E-state index is 6.61. The molecule has 0 N–H and O–H groups in total. The monoisotopic (exact) mass is 713 g/mol. The Bertz CT molecular complexity index is 3240. The van der Waals surface area contributed by atoms with Crippen molar-refractivity contribution >= 4 is 71.3 Å². The summed E-state index contributed by atoms with van der Waals surface area (Å²) in [6.45, 7) is 0. The van der Waals surface area contributed by atoms with Crippen LogP contribution in [0, 0.1) is 0 Å². The molecule has 10 aromatic carbocycles. The Morgan fingerprint density at radius 2 is 0.839 bits per heavy atom. The average molecular weight is 714 g/mol. The minimum atomic E-state index is 0.867. The second-order valence-corrected chi connectivity index (χ2v) is 14.5. The van der Waals surface area contributed by atoms with Gasteiger partial charge in [-0.05, 0) is 114 Å². The fraction of sp³-hybridized carbons (Fsp3) is 0. The van der Waals surface area contributed by atoms with Crippen molar-refractivity contribution in [1.82, 2.24) is 0 Å². The van der Waals surface area contributed by atoms with Crippen LogP contribution < -0.4 is 4.90 Å². The second-order valence-electron chi connectivity index (χ2n) is 14.5. The summed E-state index contributed by atoms with van der Waals surface area (Å²) in [5.41, 5.74) is 12.0. The SMILES string of the molecule is c1cc(-c2ccc(N(c3ccc(-c4ccc5c(ccc6ccccc65)c4)cc3)c3cccc4c3oc3ccccc34)cc2)cc(-c2cccc3ccccc23)c1. The van der Waals surface area contributed by atoms with Crippen molar-refractivity contribution in [3.05, 3.63) is 212 Å². The van der Waals surface area contributed by atoms with Crippen molar-refractivity contribution < 1.29 is 4.42 Å². The molecule has 262 valence electrons. The third-order valence-electron chi connectivity index (χ3n) is 11.3. The van der Waals surface area contributed by atoms with Gasteiger partial charge in [0.25, 0.3) is 0 Å². The normalized spacial score (nSPS) is 11.6. The van der Waals surface area contributed by atoms with Crippen LogP contribution in [0.2, 0.25) is 0 Å². The summed E-state index contributed by atoms with van der Waals surface area (Å²) in [7, 11) is 0. The van der Waals surface area contributed by atoms with Gasteiger partial charge in [0.1, 0.15) is 5.58 Å². The lowest BCUT2D eigenvalue weighted by Crippen LogP contribution is -2.10. The molecule has 0 radical (unpaired) electrons. The van der Waals surface area contributed by atoms with Gasteiger partial charge in [-0.3, -0.25) is 0 Å². The molecule has 0 aliphatic carbocycles. The van der Waals surface area contributed by atoms with Crippen molar-refractivity contribution in [3.8, 4) is 33.4 Å². The summed E-state index contributed by atoms with van der Waals surface area (Å²) in [5, 5.41) is 9.79. The smallest absolute Gasteiger partial charge is 0.159 e. The molecule has 56 heavy (non-hydrogen) atoms. The Balaban J connectivity index is 0.996. The number of hydrogen-bond acceptors (Lipinski definition) is 2. The quantitative estimate of drug-likeness (QED) is 0.160. The van der Waals surface area contributed by atoms with E-state index < -0.39 is 0 Å². The van der Waals surface area contributed by atoms with E-state index >= 15 is 0 Å². The van der Waals surface area contributed by atoms with Crippen LogP contribution in [0.1, 0.15) is 0 Å². The highest BCUT2D eigenvalue weighted by molar-refractivity contribution is 6.11. The van der Waals surface area contributed by atoms with E-state index in [1.807, 2.05) is 12.1 Å². The van der Waals surface area contributed by atoms with E-state index in [0.29, 0.717) is 0 Å². The van der Waals surface area contributed by atoms with Crippen LogP contribution in [0.3, 0.4) is 0 Å². The number of anilines is 3. The van der Waals surface area contributed by atoms with Gasteiger partial charge in [0.15, 0.2) is 5.58 Å². The number of hydrogen-bond donors (Lipinski definition) is 0. The molecule has 0 atom stereocenters. The number of rotatable bonds is 6. The fourth-order valence-electron chi connectivity index (χ4n) is 8.48. The van der Waals surface area contributed by atoms with Crippen LogP contribution in [0.5, 0.6) is 0 Å². The molecule has 1 aromatic heterocycles. The molecule has 11 aromatic rings. The van der Waals surface area contributed by atoms with Gasteiger partial charge in [-0.1, -0.05) is 164 Å². The van der Waals surface area contributed by atoms with E-state index in [0.717, 1.165) is 44.6 Å². The van der Waals surface area contributed by atoms with Gasteiger partial charge in [-0.15, -0.1) is 0 Å². The first kappa shape index (κ1) is 32.0. The average Bonchev–Trinajstić information content (AvgIpc) is 3.66. The molecule has 2 nitrogen and oxygen atoms in total. The number of furan rings is 1. The molecule has 1 heterocycles. The minimum Gasteiger partial charge on any atom is -0.454 e. The first-order valence-corrected chi connectivity index (χ1v) is 19.2. The van der Waals surface area contributed by atoms with Gasteiger partial charge in [0.2, 0.25) is 0 Å². The maximum absolute atomic E-state index is 6.61. The Morgan fingerprint density at radius 3 is 1.62 bits per heavy atom.